The molecule has 0 saturated heterocycles. The molecule has 0 spiro atoms. The zero-order chi connectivity index (χ0) is 17.1. The molecular weight excluding hydrogens is 320 g/mol. The van der Waals surface area contributed by atoms with Crippen molar-refractivity contribution in [3.8, 4) is 0 Å². The zero-order valence-corrected chi connectivity index (χ0v) is 14.1. The third kappa shape index (κ3) is 7.95. The third-order valence-corrected chi connectivity index (χ3v) is 3.61. The molecule has 6 nitrogen and oxygen atoms in total. The number of carbonyl (C=O) groups excluding carboxylic acids is 1. The van der Waals surface area contributed by atoms with Gasteiger partial charge in [-0.25, -0.2) is 0 Å². The van der Waals surface area contributed by atoms with Crippen LogP contribution in [-0.2, 0) is 9.53 Å². The van der Waals surface area contributed by atoms with E-state index >= 15 is 0 Å². The van der Waals surface area contributed by atoms with E-state index in [0.29, 0.717) is 12.3 Å². The first-order valence-electron chi connectivity index (χ1n) is 7.86. The molecular formula is C16H23ClN2O4. The molecule has 0 radical (unpaired) electrons. The first-order valence-corrected chi connectivity index (χ1v) is 8.24. The fourth-order valence-electron chi connectivity index (χ4n) is 2.08. The van der Waals surface area contributed by atoms with Gasteiger partial charge < -0.3 is 10.1 Å². The molecule has 7 heteroatoms. The number of ether oxygens (including phenoxy) is 1. The average molecular weight is 343 g/mol. The number of rotatable bonds is 11. The van der Waals surface area contributed by atoms with Gasteiger partial charge in [0.25, 0.3) is 5.69 Å². The summed E-state index contributed by atoms with van der Waals surface area (Å²) in [6.07, 6.45) is 6.99. The van der Waals surface area contributed by atoms with Crippen LogP contribution < -0.4 is 5.32 Å². The van der Waals surface area contributed by atoms with Crippen molar-refractivity contribution in [2.45, 2.75) is 45.4 Å². The van der Waals surface area contributed by atoms with E-state index in [9.17, 15) is 14.9 Å². The number of unbranched alkanes of at least 4 members (excludes halogenated alkanes) is 5. The second-order valence-electron chi connectivity index (χ2n) is 5.29. The van der Waals surface area contributed by atoms with Gasteiger partial charge in [-0.2, -0.15) is 0 Å². The Bertz CT molecular complexity index is 523. The largest absolute Gasteiger partial charge is 0.372 e. The fourth-order valence-corrected chi connectivity index (χ4v) is 2.33. The quantitative estimate of drug-likeness (QED) is 0.363. The molecule has 0 heterocycles. The van der Waals surface area contributed by atoms with Gasteiger partial charge in [0, 0.05) is 18.4 Å². The van der Waals surface area contributed by atoms with E-state index in [1.807, 2.05) is 0 Å². The van der Waals surface area contributed by atoms with Crippen LogP contribution >= 0.6 is 11.6 Å². The predicted molar refractivity (Wildman–Crippen MR) is 90.9 cm³/mol. The van der Waals surface area contributed by atoms with E-state index in [-0.39, 0.29) is 23.2 Å². The Hall–Kier alpha value is -1.66. The van der Waals surface area contributed by atoms with Crippen molar-refractivity contribution < 1.29 is 14.5 Å². The maximum absolute atomic E-state index is 11.7. The lowest BCUT2D eigenvalue weighted by atomic mass is 10.1. The van der Waals surface area contributed by atoms with Crippen molar-refractivity contribution in [2.24, 2.45) is 0 Å². The Balaban J connectivity index is 2.21. The smallest absolute Gasteiger partial charge is 0.288 e. The molecule has 128 valence electrons. The second-order valence-corrected chi connectivity index (χ2v) is 5.70. The number of nitrogens with one attached hydrogen (secondary N) is 1. The Morgan fingerprint density at radius 2 is 1.96 bits per heavy atom. The van der Waals surface area contributed by atoms with E-state index < -0.39 is 4.92 Å². The minimum absolute atomic E-state index is 0.0132. The van der Waals surface area contributed by atoms with Gasteiger partial charge in [-0.3, -0.25) is 14.9 Å². The fraction of sp³-hybridized carbons (Fsp3) is 0.562. The average Bonchev–Trinajstić information content (AvgIpc) is 2.49. The van der Waals surface area contributed by atoms with Crippen molar-refractivity contribution in [2.75, 3.05) is 18.5 Å². The predicted octanol–water partition coefficient (Wildman–Crippen LogP) is 4.56. The number of carbonyl (C=O) groups is 1. The Labute approximate surface area is 141 Å². The third-order valence-electron chi connectivity index (χ3n) is 3.30. The molecule has 0 unspecified atom stereocenters. The van der Waals surface area contributed by atoms with E-state index in [2.05, 4.69) is 12.2 Å². The van der Waals surface area contributed by atoms with Crippen molar-refractivity contribution in [1.29, 1.82) is 0 Å². The van der Waals surface area contributed by atoms with Crippen LogP contribution in [0.2, 0.25) is 5.02 Å². The van der Waals surface area contributed by atoms with Crippen molar-refractivity contribution in [3.05, 3.63) is 33.3 Å². The summed E-state index contributed by atoms with van der Waals surface area (Å²) in [6.45, 7) is 2.70. The maximum atomic E-state index is 11.7. The lowest BCUT2D eigenvalue weighted by Crippen LogP contribution is -2.18. The Kier molecular flexibility index (Phi) is 9.24. The SMILES string of the molecule is CCCCCCCCOCC(=O)Nc1ccc([N+](=O)[O-])c(Cl)c1. The monoisotopic (exact) mass is 342 g/mol. The topological polar surface area (TPSA) is 81.5 Å². The van der Waals surface area contributed by atoms with Gasteiger partial charge >= 0.3 is 0 Å². The molecule has 0 atom stereocenters. The van der Waals surface area contributed by atoms with Gasteiger partial charge in [-0.1, -0.05) is 50.6 Å². The highest BCUT2D eigenvalue weighted by Gasteiger charge is 2.13. The molecule has 0 bridgehead atoms. The highest BCUT2D eigenvalue weighted by molar-refractivity contribution is 6.33. The molecule has 0 aromatic heterocycles. The summed E-state index contributed by atoms with van der Waals surface area (Å²) in [7, 11) is 0. The first kappa shape index (κ1) is 19.4. The van der Waals surface area contributed by atoms with E-state index in [4.69, 9.17) is 16.3 Å². The van der Waals surface area contributed by atoms with Crippen LogP contribution in [0, 0.1) is 10.1 Å². The number of anilines is 1. The molecule has 1 rings (SSSR count). The van der Waals surface area contributed by atoms with Crippen LogP contribution in [0.5, 0.6) is 0 Å². The molecule has 0 aliphatic carbocycles. The van der Waals surface area contributed by atoms with Crippen molar-refractivity contribution in [3.63, 3.8) is 0 Å². The number of benzene rings is 1. The Morgan fingerprint density at radius 1 is 1.26 bits per heavy atom. The molecule has 1 amide bonds. The van der Waals surface area contributed by atoms with Crippen LogP contribution in [0.3, 0.4) is 0 Å². The number of hydrogen-bond donors (Lipinski definition) is 1. The maximum Gasteiger partial charge on any atom is 0.288 e. The van der Waals surface area contributed by atoms with Crippen LogP contribution in [0.1, 0.15) is 45.4 Å². The summed E-state index contributed by atoms with van der Waals surface area (Å²) < 4.78 is 5.31. The summed E-state index contributed by atoms with van der Waals surface area (Å²) in [4.78, 5) is 21.8. The molecule has 0 saturated carbocycles. The highest BCUT2D eigenvalue weighted by Crippen LogP contribution is 2.27. The number of hydrogen-bond acceptors (Lipinski definition) is 4. The summed E-state index contributed by atoms with van der Waals surface area (Å²) in [5.74, 6) is -0.305. The van der Waals surface area contributed by atoms with Gasteiger partial charge in [-0.05, 0) is 18.6 Å². The van der Waals surface area contributed by atoms with Gasteiger partial charge in [0.05, 0.1) is 4.92 Å². The standard InChI is InChI=1S/C16H23ClN2O4/c1-2-3-4-5-6-7-10-23-12-16(20)18-13-8-9-15(19(21)22)14(17)11-13/h8-9,11H,2-7,10,12H2,1H3,(H,18,20). The minimum Gasteiger partial charge on any atom is -0.372 e. The van der Waals surface area contributed by atoms with Crippen LogP contribution in [0.15, 0.2) is 18.2 Å². The van der Waals surface area contributed by atoms with Crippen LogP contribution in [0.25, 0.3) is 0 Å². The van der Waals surface area contributed by atoms with Crippen LogP contribution in [0.4, 0.5) is 11.4 Å². The van der Waals surface area contributed by atoms with Crippen LogP contribution in [-0.4, -0.2) is 24.0 Å². The molecule has 23 heavy (non-hydrogen) atoms. The van der Waals surface area contributed by atoms with Gasteiger partial charge in [0.15, 0.2) is 0 Å². The van der Waals surface area contributed by atoms with Crippen molar-refractivity contribution in [1.82, 2.24) is 0 Å². The highest BCUT2D eigenvalue weighted by atomic mass is 35.5. The number of halogens is 1. The second kappa shape index (κ2) is 11.0. The molecule has 1 aromatic carbocycles. The van der Waals surface area contributed by atoms with Gasteiger partial charge in [0.1, 0.15) is 11.6 Å². The molecule has 0 aliphatic rings. The van der Waals surface area contributed by atoms with E-state index in [0.717, 1.165) is 12.8 Å². The lowest BCUT2D eigenvalue weighted by molar-refractivity contribution is -0.384. The Morgan fingerprint density at radius 3 is 2.61 bits per heavy atom. The van der Waals surface area contributed by atoms with Crippen molar-refractivity contribution >= 4 is 28.9 Å². The number of nitro groups is 1. The summed E-state index contributed by atoms with van der Waals surface area (Å²) >= 11 is 5.78. The molecule has 1 aromatic rings. The number of amides is 1. The van der Waals surface area contributed by atoms with E-state index in [1.165, 1.54) is 43.9 Å². The molecule has 0 aliphatic heterocycles. The zero-order valence-electron chi connectivity index (χ0n) is 13.3. The molecule has 1 N–H and O–H groups in total. The first-order chi connectivity index (χ1) is 11.0. The summed E-state index contributed by atoms with van der Waals surface area (Å²) in [6, 6.07) is 4.05. The molecule has 0 fully saturated rings. The lowest BCUT2D eigenvalue weighted by Gasteiger charge is -2.07. The van der Waals surface area contributed by atoms with Gasteiger partial charge in [0.2, 0.25) is 5.91 Å². The normalized spacial score (nSPS) is 10.5. The summed E-state index contributed by atoms with van der Waals surface area (Å²) in [5, 5.41) is 13.2. The van der Waals surface area contributed by atoms with Gasteiger partial charge in [-0.15, -0.1) is 0 Å². The number of nitro benzene ring substituents is 1. The summed E-state index contributed by atoms with van der Waals surface area (Å²) in [5.41, 5.74) is 0.220. The minimum atomic E-state index is -0.572. The van der Waals surface area contributed by atoms with E-state index in [1.54, 1.807) is 0 Å². The number of nitrogens with zero attached hydrogens (tertiary/aromatic N) is 1.